The number of likely N-dealkylation sites (N-methyl/N-ethyl adjacent to an activating group) is 1. The number of furan rings is 1. The fourth-order valence-electron chi connectivity index (χ4n) is 3.78. The summed E-state index contributed by atoms with van der Waals surface area (Å²) in [6.45, 7) is 0.860. The number of carboxylic acid groups (broad SMARTS) is 2. The third-order valence-electron chi connectivity index (χ3n) is 5.33. The molecule has 5 atom stereocenters. The number of fused-ring (bicyclic) bond motifs is 2. The quantitative estimate of drug-likeness (QED) is 0.437. The molecule has 4 rings (SSSR count). The Kier molecular flexibility index (Phi) is 6.40. The molecule has 2 fully saturated rings. The highest BCUT2D eigenvalue weighted by atomic mass is 16.4. The second-order valence-corrected chi connectivity index (χ2v) is 7.44. The van der Waals surface area contributed by atoms with Gasteiger partial charge in [0, 0.05) is 24.0 Å². The number of aliphatic hydroxyl groups excluding tert-OH is 2. The standard InChI is InChI=1S/C16H18N2O2.C4H6O6/c1-17-9-12-6-11-7-13(11)18(12)16(19)15-8-10-4-2-3-5-14(10)20-15;5-1(3(7)8)2(6)4(9)10/h2-5,8,11-13,17H,6-7,9H2,1H3;1-2,5-6H,(H,7,8)(H,9,10). The van der Waals surface area contributed by atoms with E-state index in [9.17, 15) is 14.4 Å². The summed E-state index contributed by atoms with van der Waals surface area (Å²) in [6.07, 6.45) is -2.25. The molecule has 5 N–H and O–H groups in total. The van der Waals surface area contributed by atoms with Gasteiger partial charge >= 0.3 is 11.9 Å². The summed E-state index contributed by atoms with van der Waals surface area (Å²) in [6, 6.07) is 10.4. The lowest BCUT2D eigenvalue weighted by Crippen LogP contribution is -2.43. The molecular formula is C20H24N2O8. The van der Waals surface area contributed by atoms with Gasteiger partial charge in [0.05, 0.1) is 0 Å². The third kappa shape index (κ3) is 4.45. The molecule has 30 heavy (non-hydrogen) atoms. The van der Waals surface area contributed by atoms with E-state index in [4.69, 9.17) is 24.8 Å². The Morgan fingerprint density at radius 3 is 2.33 bits per heavy atom. The molecule has 0 spiro atoms. The Morgan fingerprint density at radius 1 is 1.13 bits per heavy atom. The normalized spacial score (nSPS) is 23.8. The highest BCUT2D eigenvalue weighted by Gasteiger charge is 2.54. The number of carbonyl (C=O) groups is 3. The van der Waals surface area contributed by atoms with Crippen LogP contribution >= 0.6 is 0 Å². The third-order valence-corrected chi connectivity index (χ3v) is 5.33. The number of nitrogens with zero attached hydrogens (tertiary/aromatic N) is 1. The van der Waals surface area contributed by atoms with Crippen LogP contribution in [0.5, 0.6) is 0 Å². The minimum atomic E-state index is -2.27. The molecule has 10 heteroatoms. The van der Waals surface area contributed by atoms with Crippen LogP contribution in [0.1, 0.15) is 23.4 Å². The molecule has 2 aliphatic rings. The molecule has 1 amide bonds. The Morgan fingerprint density at radius 2 is 1.77 bits per heavy atom. The van der Waals surface area contributed by atoms with Gasteiger partial charge in [0.25, 0.3) is 5.91 Å². The SMILES string of the molecule is CNCC1CC2CC2N1C(=O)c1cc2ccccc2o1.O=C(O)C(O)C(O)C(=O)O. The first-order valence-corrected chi connectivity index (χ1v) is 9.52. The second kappa shape index (κ2) is 8.82. The molecule has 1 saturated heterocycles. The fraction of sp³-hybridized carbons (Fsp3) is 0.450. The van der Waals surface area contributed by atoms with Gasteiger partial charge in [-0.05, 0) is 37.9 Å². The van der Waals surface area contributed by atoms with Crippen LogP contribution in [0.3, 0.4) is 0 Å². The molecule has 2 aromatic rings. The number of amides is 1. The summed E-state index contributed by atoms with van der Waals surface area (Å²) >= 11 is 0. The van der Waals surface area contributed by atoms with Crippen molar-refractivity contribution in [3.8, 4) is 0 Å². The molecule has 1 aliphatic heterocycles. The minimum Gasteiger partial charge on any atom is -0.479 e. The molecule has 10 nitrogen and oxygen atoms in total. The number of aliphatic hydroxyl groups is 2. The zero-order valence-electron chi connectivity index (χ0n) is 16.3. The lowest BCUT2D eigenvalue weighted by molar-refractivity contribution is -0.165. The maximum absolute atomic E-state index is 12.7. The molecule has 162 valence electrons. The Balaban J connectivity index is 0.000000220. The summed E-state index contributed by atoms with van der Waals surface area (Å²) in [5.41, 5.74) is 0.785. The Labute approximate surface area is 171 Å². The number of benzene rings is 1. The van der Waals surface area contributed by atoms with Gasteiger partial charge in [-0.3, -0.25) is 4.79 Å². The van der Waals surface area contributed by atoms with Crippen LogP contribution in [0.2, 0.25) is 0 Å². The van der Waals surface area contributed by atoms with E-state index in [1.165, 1.54) is 0 Å². The van der Waals surface area contributed by atoms with Crippen LogP contribution in [-0.2, 0) is 9.59 Å². The molecule has 5 unspecified atom stereocenters. The number of likely N-dealkylation sites (tertiary alicyclic amines) is 1. The first kappa shape index (κ1) is 21.8. The van der Waals surface area contributed by atoms with Gasteiger partial charge in [-0.15, -0.1) is 0 Å². The van der Waals surface area contributed by atoms with Crippen LogP contribution in [0.4, 0.5) is 0 Å². The molecule has 1 aliphatic carbocycles. The number of carboxylic acids is 2. The van der Waals surface area contributed by atoms with Gasteiger partial charge in [0.2, 0.25) is 0 Å². The van der Waals surface area contributed by atoms with Crippen molar-refractivity contribution in [1.82, 2.24) is 10.2 Å². The zero-order valence-corrected chi connectivity index (χ0v) is 16.3. The molecule has 0 bridgehead atoms. The predicted octanol–water partition coefficient (Wildman–Crippen LogP) is 0.133. The molecular weight excluding hydrogens is 396 g/mol. The van der Waals surface area contributed by atoms with Gasteiger partial charge in [-0.1, -0.05) is 18.2 Å². The monoisotopic (exact) mass is 420 g/mol. The summed E-state index contributed by atoms with van der Waals surface area (Å²) in [7, 11) is 1.94. The average molecular weight is 420 g/mol. The molecule has 1 saturated carbocycles. The molecule has 2 heterocycles. The van der Waals surface area contributed by atoms with Gasteiger partial charge in [-0.25, -0.2) is 9.59 Å². The topological polar surface area (TPSA) is 161 Å². The Hall–Kier alpha value is -2.95. The number of carbonyl (C=O) groups excluding carboxylic acids is 1. The summed E-state index contributed by atoms with van der Waals surface area (Å²) < 4.78 is 5.72. The lowest BCUT2D eigenvalue weighted by atomic mass is 10.1. The van der Waals surface area contributed by atoms with Gasteiger partial charge in [0.1, 0.15) is 5.58 Å². The van der Waals surface area contributed by atoms with Crippen molar-refractivity contribution < 1.29 is 39.2 Å². The number of hydrogen-bond acceptors (Lipinski definition) is 7. The van der Waals surface area contributed by atoms with Crippen molar-refractivity contribution in [3.05, 3.63) is 36.1 Å². The van der Waals surface area contributed by atoms with Gasteiger partial charge in [-0.2, -0.15) is 0 Å². The summed E-state index contributed by atoms with van der Waals surface area (Å²) in [4.78, 5) is 34.3. The number of hydrogen-bond donors (Lipinski definition) is 5. The van der Waals surface area contributed by atoms with Crippen molar-refractivity contribution in [2.24, 2.45) is 5.92 Å². The van der Waals surface area contributed by atoms with E-state index in [2.05, 4.69) is 5.32 Å². The second-order valence-electron chi connectivity index (χ2n) is 7.44. The Bertz CT molecular complexity index is 891. The number of aliphatic carboxylic acids is 2. The number of piperidine rings is 1. The maximum atomic E-state index is 12.7. The van der Waals surface area contributed by atoms with Crippen LogP contribution < -0.4 is 5.32 Å². The summed E-state index contributed by atoms with van der Waals surface area (Å²) in [5, 5.41) is 36.7. The highest BCUT2D eigenvalue weighted by Crippen LogP contribution is 2.48. The number of para-hydroxylation sites is 1. The fourth-order valence-corrected chi connectivity index (χ4v) is 3.78. The van der Waals surface area contributed by atoms with E-state index in [0.29, 0.717) is 23.8 Å². The highest BCUT2D eigenvalue weighted by molar-refractivity contribution is 5.96. The summed E-state index contributed by atoms with van der Waals surface area (Å²) in [5.74, 6) is -2.31. The van der Waals surface area contributed by atoms with Crippen molar-refractivity contribution in [2.45, 2.75) is 37.1 Å². The van der Waals surface area contributed by atoms with Gasteiger partial charge < -0.3 is 35.1 Å². The zero-order chi connectivity index (χ0) is 22.0. The van der Waals surface area contributed by atoms with E-state index >= 15 is 0 Å². The number of nitrogens with one attached hydrogen (secondary N) is 1. The largest absolute Gasteiger partial charge is 0.479 e. The predicted molar refractivity (Wildman–Crippen MR) is 104 cm³/mol. The first-order chi connectivity index (χ1) is 14.2. The number of rotatable bonds is 6. The van der Waals surface area contributed by atoms with E-state index in [0.717, 1.165) is 30.4 Å². The van der Waals surface area contributed by atoms with Crippen molar-refractivity contribution in [1.29, 1.82) is 0 Å². The maximum Gasteiger partial charge on any atom is 0.335 e. The van der Waals surface area contributed by atoms with Crippen LogP contribution in [0.15, 0.2) is 34.7 Å². The van der Waals surface area contributed by atoms with Crippen molar-refractivity contribution in [3.63, 3.8) is 0 Å². The van der Waals surface area contributed by atoms with Crippen LogP contribution in [-0.4, -0.2) is 81.1 Å². The van der Waals surface area contributed by atoms with Crippen molar-refractivity contribution >= 4 is 28.8 Å². The minimum absolute atomic E-state index is 0.0476. The van der Waals surface area contributed by atoms with Crippen LogP contribution in [0, 0.1) is 5.92 Å². The van der Waals surface area contributed by atoms with E-state index in [1.54, 1.807) is 0 Å². The van der Waals surface area contributed by atoms with E-state index < -0.39 is 24.1 Å². The van der Waals surface area contributed by atoms with E-state index in [1.807, 2.05) is 42.3 Å². The molecule has 1 aromatic heterocycles. The van der Waals surface area contributed by atoms with Crippen LogP contribution in [0.25, 0.3) is 11.0 Å². The van der Waals surface area contributed by atoms with Gasteiger partial charge in [0.15, 0.2) is 18.0 Å². The molecule has 0 radical (unpaired) electrons. The lowest BCUT2D eigenvalue weighted by Gasteiger charge is -2.26. The van der Waals surface area contributed by atoms with E-state index in [-0.39, 0.29) is 5.91 Å². The smallest absolute Gasteiger partial charge is 0.335 e. The molecule has 1 aromatic carbocycles. The average Bonchev–Trinajstić information content (AvgIpc) is 3.18. The first-order valence-electron chi connectivity index (χ1n) is 9.52. The van der Waals surface area contributed by atoms with Crippen molar-refractivity contribution in [2.75, 3.05) is 13.6 Å².